The number of alkyl halides is 3. The zero-order valence-corrected chi connectivity index (χ0v) is 19.1. The van der Waals surface area contributed by atoms with Gasteiger partial charge in [0.25, 0.3) is 0 Å². The summed E-state index contributed by atoms with van der Waals surface area (Å²) in [6.07, 6.45) is -0.807. The van der Waals surface area contributed by atoms with E-state index in [0.29, 0.717) is 28.9 Å². The zero-order valence-electron chi connectivity index (χ0n) is 19.1. The highest BCUT2D eigenvalue weighted by molar-refractivity contribution is 5.88. The van der Waals surface area contributed by atoms with Crippen LogP contribution in [0.4, 0.5) is 13.2 Å². The molecule has 1 unspecified atom stereocenters. The molecule has 0 aliphatic rings. The molecule has 8 heteroatoms. The maximum Gasteiger partial charge on any atom is 0.416 e. The van der Waals surface area contributed by atoms with Gasteiger partial charge in [0.15, 0.2) is 5.65 Å². The van der Waals surface area contributed by atoms with Gasteiger partial charge in [-0.25, -0.2) is 9.50 Å². The second-order valence-electron chi connectivity index (χ2n) is 8.82. The second-order valence-corrected chi connectivity index (χ2v) is 8.82. The Kier molecular flexibility index (Phi) is 6.17. The second kappa shape index (κ2) is 8.93. The van der Waals surface area contributed by atoms with Crippen molar-refractivity contribution in [2.24, 2.45) is 0 Å². The summed E-state index contributed by atoms with van der Waals surface area (Å²) in [5.74, 6) is -0.148. The fraction of sp³-hybridized carbons (Fsp3) is 0.269. The Morgan fingerprint density at radius 3 is 2.32 bits per heavy atom. The number of aromatic nitrogens is 3. The smallest absolute Gasteiger partial charge is 0.353 e. The summed E-state index contributed by atoms with van der Waals surface area (Å²) in [7, 11) is 0. The lowest BCUT2D eigenvalue weighted by atomic mass is 9.79. The summed E-state index contributed by atoms with van der Waals surface area (Å²) in [6.45, 7) is 5.67. The fourth-order valence-corrected chi connectivity index (χ4v) is 4.06. The molecule has 0 saturated carbocycles. The van der Waals surface area contributed by atoms with E-state index in [-0.39, 0.29) is 11.9 Å². The number of hydrogen-bond donors (Lipinski definition) is 1. The zero-order chi connectivity index (χ0) is 24.5. The van der Waals surface area contributed by atoms with E-state index in [1.54, 1.807) is 23.0 Å². The molecule has 0 spiro atoms. The Morgan fingerprint density at radius 1 is 1.03 bits per heavy atom. The third-order valence-corrected chi connectivity index (χ3v) is 5.81. The Bertz CT molecular complexity index is 1300. The monoisotopic (exact) mass is 466 g/mol. The van der Waals surface area contributed by atoms with Gasteiger partial charge >= 0.3 is 6.18 Å². The molecule has 34 heavy (non-hydrogen) atoms. The summed E-state index contributed by atoms with van der Waals surface area (Å²) in [5.41, 5.74) is 1.54. The predicted octanol–water partition coefficient (Wildman–Crippen LogP) is 5.44. The molecule has 0 aliphatic heterocycles. The molecule has 0 aliphatic carbocycles. The molecule has 2 aromatic carbocycles. The first kappa shape index (κ1) is 23.5. The number of hydrogen-bond acceptors (Lipinski definition) is 3. The van der Waals surface area contributed by atoms with E-state index >= 15 is 0 Å². The standard InChI is InChI=1S/C26H25F3N4O/c1-17(2)32-24(34)25(3,15-18-7-5-4-6-8-18)22-13-14-30-23-21(16-31-33(22)23)19-9-11-20(12-10-19)26(27,28)29/h4-14,16-17H,15H2,1-3H3,(H,32,34). The van der Waals surface area contributed by atoms with Crippen LogP contribution in [-0.2, 0) is 22.8 Å². The van der Waals surface area contributed by atoms with Crippen molar-refractivity contribution < 1.29 is 18.0 Å². The first-order chi connectivity index (χ1) is 16.1. The maximum atomic E-state index is 13.5. The van der Waals surface area contributed by atoms with Crippen LogP contribution < -0.4 is 5.32 Å². The summed E-state index contributed by atoms with van der Waals surface area (Å²) in [5, 5.41) is 7.51. The van der Waals surface area contributed by atoms with Crippen LogP contribution in [0.15, 0.2) is 73.1 Å². The van der Waals surface area contributed by atoms with E-state index in [1.807, 2.05) is 51.1 Å². The van der Waals surface area contributed by atoms with Gasteiger partial charge in [-0.3, -0.25) is 4.79 Å². The molecular formula is C26H25F3N4O. The van der Waals surface area contributed by atoms with Crippen molar-refractivity contribution in [2.75, 3.05) is 0 Å². The highest BCUT2D eigenvalue weighted by Crippen LogP contribution is 2.34. The molecule has 4 rings (SSSR count). The molecule has 2 heterocycles. The predicted molar refractivity (Wildman–Crippen MR) is 124 cm³/mol. The van der Waals surface area contributed by atoms with Crippen molar-refractivity contribution in [1.82, 2.24) is 19.9 Å². The SMILES string of the molecule is CC(C)NC(=O)C(C)(Cc1ccccc1)c1ccnc2c(-c3ccc(C(F)(F)F)cc3)cnn12. The normalized spacial score (nSPS) is 13.7. The van der Waals surface area contributed by atoms with Crippen LogP contribution in [0.1, 0.15) is 37.6 Å². The van der Waals surface area contributed by atoms with Gasteiger partial charge in [-0.2, -0.15) is 18.3 Å². The molecular weight excluding hydrogens is 441 g/mol. The molecule has 0 radical (unpaired) electrons. The third-order valence-electron chi connectivity index (χ3n) is 5.81. The van der Waals surface area contributed by atoms with Gasteiger partial charge in [0.2, 0.25) is 5.91 Å². The molecule has 4 aromatic rings. The Morgan fingerprint density at radius 2 is 1.71 bits per heavy atom. The van der Waals surface area contributed by atoms with Crippen LogP contribution in [0.3, 0.4) is 0 Å². The molecule has 1 atom stereocenters. The minimum absolute atomic E-state index is 0.0553. The van der Waals surface area contributed by atoms with Crippen LogP contribution in [0.2, 0.25) is 0 Å². The van der Waals surface area contributed by atoms with Crippen molar-refractivity contribution in [2.45, 2.75) is 44.8 Å². The van der Waals surface area contributed by atoms with Crippen LogP contribution >= 0.6 is 0 Å². The van der Waals surface area contributed by atoms with Crippen molar-refractivity contribution in [1.29, 1.82) is 0 Å². The van der Waals surface area contributed by atoms with Crippen LogP contribution in [0, 0.1) is 0 Å². The Hall–Kier alpha value is -3.68. The van der Waals surface area contributed by atoms with Gasteiger partial charge < -0.3 is 5.32 Å². The van der Waals surface area contributed by atoms with Crippen molar-refractivity contribution in [3.05, 3.63) is 89.9 Å². The first-order valence-corrected chi connectivity index (χ1v) is 11.0. The van der Waals surface area contributed by atoms with Gasteiger partial charge in [0.05, 0.1) is 22.9 Å². The maximum absolute atomic E-state index is 13.5. The molecule has 1 N–H and O–H groups in total. The lowest BCUT2D eigenvalue weighted by molar-refractivity contribution is -0.137. The van der Waals surface area contributed by atoms with Gasteiger partial charge in [-0.05, 0) is 56.5 Å². The first-order valence-electron chi connectivity index (χ1n) is 11.0. The number of amides is 1. The molecule has 176 valence electrons. The van der Waals surface area contributed by atoms with Crippen molar-refractivity contribution >= 4 is 11.6 Å². The van der Waals surface area contributed by atoms with Gasteiger partial charge in [0, 0.05) is 17.8 Å². The van der Waals surface area contributed by atoms with E-state index in [2.05, 4.69) is 15.4 Å². The minimum Gasteiger partial charge on any atom is -0.353 e. The fourth-order valence-electron chi connectivity index (χ4n) is 4.06. The quantitative estimate of drug-likeness (QED) is 0.412. The molecule has 1 amide bonds. The summed E-state index contributed by atoms with van der Waals surface area (Å²) < 4.78 is 40.5. The summed E-state index contributed by atoms with van der Waals surface area (Å²) >= 11 is 0. The number of nitrogens with one attached hydrogen (secondary N) is 1. The van der Waals surface area contributed by atoms with E-state index in [4.69, 9.17) is 0 Å². The van der Waals surface area contributed by atoms with Gasteiger partial charge in [0.1, 0.15) is 0 Å². The van der Waals surface area contributed by atoms with E-state index < -0.39 is 17.2 Å². The number of benzene rings is 2. The van der Waals surface area contributed by atoms with E-state index in [0.717, 1.165) is 17.7 Å². The van der Waals surface area contributed by atoms with Crippen LogP contribution in [0.25, 0.3) is 16.8 Å². The molecule has 2 aromatic heterocycles. The van der Waals surface area contributed by atoms with Crippen LogP contribution in [-0.4, -0.2) is 26.5 Å². The number of carbonyl (C=O) groups excluding carboxylic acids is 1. The number of carbonyl (C=O) groups is 1. The summed E-state index contributed by atoms with van der Waals surface area (Å²) in [6, 6.07) is 16.3. The number of nitrogens with zero attached hydrogens (tertiary/aromatic N) is 3. The lowest BCUT2D eigenvalue weighted by Gasteiger charge is -2.30. The highest BCUT2D eigenvalue weighted by atomic mass is 19.4. The highest BCUT2D eigenvalue weighted by Gasteiger charge is 2.38. The van der Waals surface area contributed by atoms with Crippen LogP contribution in [0.5, 0.6) is 0 Å². The summed E-state index contributed by atoms with van der Waals surface area (Å²) in [4.78, 5) is 17.9. The number of halogens is 3. The lowest BCUT2D eigenvalue weighted by Crippen LogP contribution is -2.47. The minimum atomic E-state index is -4.41. The molecule has 0 saturated heterocycles. The average molecular weight is 467 g/mol. The Labute approximate surface area is 195 Å². The van der Waals surface area contributed by atoms with E-state index in [1.165, 1.54) is 12.1 Å². The molecule has 5 nitrogen and oxygen atoms in total. The van der Waals surface area contributed by atoms with Crippen molar-refractivity contribution in [3.8, 4) is 11.1 Å². The molecule has 0 fully saturated rings. The Balaban J connectivity index is 1.82. The van der Waals surface area contributed by atoms with E-state index in [9.17, 15) is 18.0 Å². The number of rotatable bonds is 6. The third kappa shape index (κ3) is 4.53. The largest absolute Gasteiger partial charge is 0.416 e. The number of fused-ring (bicyclic) bond motifs is 1. The molecule has 0 bridgehead atoms. The van der Waals surface area contributed by atoms with Crippen molar-refractivity contribution in [3.63, 3.8) is 0 Å². The average Bonchev–Trinajstić information content (AvgIpc) is 3.23. The van der Waals surface area contributed by atoms with Gasteiger partial charge in [-0.15, -0.1) is 0 Å². The topological polar surface area (TPSA) is 59.3 Å². The van der Waals surface area contributed by atoms with Gasteiger partial charge in [-0.1, -0.05) is 42.5 Å².